The van der Waals surface area contributed by atoms with E-state index < -0.39 is 0 Å². The average Bonchev–Trinajstić information content (AvgIpc) is 3.10. The molecule has 1 aromatic heterocycles. The van der Waals surface area contributed by atoms with Crippen LogP contribution in [-0.2, 0) is 6.54 Å². The number of rotatable bonds is 3. The number of nitrogens with zero attached hydrogens (tertiary/aromatic N) is 2. The SMILES string of the molecule is O=C(NC12CC3CC(CC(C3)C1)C2)c1cnn2c1N[C@H](c1ccccc1)CC2. The number of carbonyl (C=O) groups excluding carboxylic acids is 1. The van der Waals surface area contributed by atoms with Crippen molar-refractivity contribution in [3.8, 4) is 0 Å². The molecule has 1 amide bonds. The fourth-order valence-corrected chi connectivity index (χ4v) is 6.87. The van der Waals surface area contributed by atoms with Gasteiger partial charge in [-0.1, -0.05) is 30.3 Å². The summed E-state index contributed by atoms with van der Waals surface area (Å²) >= 11 is 0. The van der Waals surface area contributed by atoms with Gasteiger partial charge < -0.3 is 10.6 Å². The topological polar surface area (TPSA) is 59.0 Å². The number of hydrogen-bond acceptors (Lipinski definition) is 3. The zero-order valence-electron chi connectivity index (χ0n) is 16.2. The molecule has 4 saturated carbocycles. The monoisotopic (exact) mass is 376 g/mol. The first-order valence-electron chi connectivity index (χ1n) is 10.9. The minimum atomic E-state index is 0.0359. The van der Waals surface area contributed by atoms with Crippen LogP contribution >= 0.6 is 0 Å². The van der Waals surface area contributed by atoms with Gasteiger partial charge in [0, 0.05) is 12.1 Å². The molecule has 5 aliphatic rings. The molecule has 4 fully saturated rings. The zero-order chi connectivity index (χ0) is 18.7. The van der Waals surface area contributed by atoms with Crippen molar-refractivity contribution in [1.82, 2.24) is 15.1 Å². The van der Waals surface area contributed by atoms with Crippen LogP contribution in [0.4, 0.5) is 5.82 Å². The van der Waals surface area contributed by atoms with Crippen LogP contribution in [0.2, 0.25) is 0 Å². The first-order chi connectivity index (χ1) is 13.7. The Kier molecular flexibility index (Phi) is 3.62. The fourth-order valence-electron chi connectivity index (χ4n) is 6.87. The van der Waals surface area contributed by atoms with Crippen LogP contribution in [0.15, 0.2) is 36.5 Å². The third-order valence-corrected chi connectivity index (χ3v) is 7.64. The minimum Gasteiger partial charge on any atom is -0.363 e. The zero-order valence-corrected chi connectivity index (χ0v) is 16.2. The van der Waals surface area contributed by atoms with Gasteiger partial charge >= 0.3 is 0 Å². The van der Waals surface area contributed by atoms with Crippen LogP contribution in [0.1, 0.15) is 66.9 Å². The molecule has 4 aliphatic carbocycles. The molecule has 2 heterocycles. The molecule has 7 rings (SSSR count). The highest BCUT2D eigenvalue weighted by Gasteiger charge is 2.51. The molecular weight excluding hydrogens is 348 g/mol. The van der Waals surface area contributed by atoms with Crippen molar-refractivity contribution in [2.24, 2.45) is 17.8 Å². The van der Waals surface area contributed by atoms with Crippen molar-refractivity contribution in [3.05, 3.63) is 47.7 Å². The molecule has 4 bridgehead atoms. The van der Waals surface area contributed by atoms with E-state index in [4.69, 9.17) is 0 Å². The first-order valence-corrected chi connectivity index (χ1v) is 10.9. The van der Waals surface area contributed by atoms with Crippen LogP contribution in [0.25, 0.3) is 0 Å². The Morgan fingerprint density at radius 3 is 2.43 bits per heavy atom. The van der Waals surface area contributed by atoms with Crippen LogP contribution in [0, 0.1) is 17.8 Å². The molecular formula is C23H28N4O. The number of fused-ring (bicyclic) bond motifs is 1. The maximum atomic E-state index is 13.3. The predicted molar refractivity (Wildman–Crippen MR) is 108 cm³/mol. The molecule has 2 N–H and O–H groups in total. The molecule has 0 unspecified atom stereocenters. The van der Waals surface area contributed by atoms with E-state index in [9.17, 15) is 4.79 Å². The van der Waals surface area contributed by atoms with E-state index in [-0.39, 0.29) is 17.5 Å². The summed E-state index contributed by atoms with van der Waals surface area (Å²) in [7, 11) is 0. The van der Waals surface area contributed by atoms with Gasteiger partial charge in [-0.2, -0.15) is 5.10 Å². The highest BCUT2D eigenvalue weighted by Crippen LogP contribution is 2.55. The third-order valence-electron chi connectivity index (χ3n) is 7.64. The van der Waals surface area contributed by atoms with Gasteiger partial charge in [0.1, 0.15) is 11.4 Å². The highest BCUT2D eigenvalue weighted by molar-refractivity contribution is 5.99. The Morgan fingerprint density at radius 1 is 1.07 bits per heavy atom. The highest BCUT2D eigenvalue weighted by atomic mass is 16.1. The van der Waals surface area contributed by atoms with Crippen molar-refractivity contribution in [3.63, 3.8) is 0 Å². The van der Waals surface area contributed by atoms with Gasteiger partial charge in [0.05, 0.1) is 12.2 Å². The standard InChI is InChI=1S/C23H28N4O/c28-22(26-23-11-15-8-16(12-23)10-17(9-15)13-23)19-14-24-27-7-6-20(25-21(19)27)18-4-2-1-3-5-18/h1-5,14-17,20,25H,6-13H2,(H,26,28)/t15?,16?,17?,20-,23?/m0/s1. The van der Waals surface area contributed by atoms with E-state index in [2.05, 4.69) is 40.0 Å². The fraction of sp³-hybridized carbons (Fsp3) is 0.565. The smallest absolute Gasteiger partial charge is 0.257 e. The lowest BCUT2D eigenvalue weighted by Gasteiger charge is -2.56. The normalized spacial score (nSPS) is 35.3. The van der Waals surface area contributed by atoms with Gasteiger partial charge in [-0.3, -0.25) is 4.79 Å². The molecule has 28 heavy (non-hydrogen) atoms. The van der Waals surface area contributed by atoms with Gasteiger partial charge in [-0.25, -0.2) is 4.68 Å². The number of benzene rings is 1. The summed E-state index contributed by atoms with van der Waals surface area (Å²) in [5, 5.41) is 11.6. The molecule has 1 atom stereocenters. The summed E-state index contributed by atoms with van der Waals surface area (Å²) in [5.41, 5.74) is 2.01. The lowest BCUT2D eigenvalue weighted by molar-refractivity contribution is -0.0166. The second kappa shape index (κ2) is 6.10. The van der Waals surface area contributed by atoms with E-state index in [1.165, 1.54) is 44.1 Å². The number of anilines is 1. The summed E-state index contributed by atoms with van der Waals surface area (Å²) < 4.78 is 1.95. The third kappa shape index (κ3) is 2.66. The quantitative estimate of drug-likeness (QED) is 0.846. The summed E-state index contributed by atoms with van der Waals surface area (Å²) in [5.74, 6) is 3.42. The predicted octanol–water partition coefficient (Wildman–Crippen LogP) is 4.14. The average molecular weight is 377 g/mol. The van der Waals surface area contributed by atoms with E-state index in [0.29, 0.717) is 5.56 Å². The Balaban J connectivity index is 1.24. The lowest BCUT2D eigenvalue weighted by Crippen LogP contribution is -2.59. The largest absolute Gasteiger partial charge is 0.363 e. The van der Waals surface area contributed by atoms with E-state index in [1.807, 2.05) is 10.7 Å². The minimum absolute atomic E-state index is 0.0359. The molecule has 5 nitrogen and oxygen atoms in total. The lowest BCUT2D eigenvalue weighted by atomic mass is 9.53. The summed E-state index contributed by atoms with van der Waals surface area (Å²) in [6.45, 7) is 0.840. The molecule has 146 valence electrons. The Morgan fingerprint density at radius 2 is 1.75 bits per heavy atom. The first kappa shape index (κ1) is 16.6. The van der Waals surface area contributed by atoms with E-state index >= 15 is 0 Å². The summed E-state index contributed by atoms with van der Waals surface area (Å²) in [4.78, 5) is 13.3. The number of carbonyl (C=O) groups is 1. The second-order valence-electron chi connectivity index (χ2n) is 9.68. The van der Waals surface area contributed by atoms with Gasteiger partial charge in [0.25, 0.3) is 5.91 Å². The second-order valence-corrected chi connectivity index (χ2v) is 9.68. The van der Waals surface area contributed by atoms with Crippen molar-refractivity contribution < 1.29 is 4.79 Å². The van der Waals surface area contributed by atoms with Crippen molar-refractivity contribution in [2.75, 3.05) is 5.32 Å². The molecule has 0 saturated heterocycles. The van der Waals surface area contributed by atoms with Crippen molar-refractivity contribution >= 4 is 11.7 Å². The Labute approximate surface area is 165 Å². The van der Waals surface area contributed by atoms with Crippen LogP contribution in [-0.4, -0.2) is 21.2 Å². The molecule has 0 spiro atoms. The van der Waals surface area contributed by atoms with Gasteiger partial charge in [0.2, 0.25) is 0 Å². The summed E-state index contributed by atoms with van der Waals surface area (Å²) in [6.07, 6.45) is 10.4. The molecule has 0 radical (unpaired) electrons. The van der Waals surface area contributed by atoms with Crippen LogP contribution in [0.3, 0.4) is 0 Å². The maximum absolute atomic E-state index is 13.3. The van der Waals surface area contributed by atoms with Gasteiger partial charge in [-0.15, -0.1) is 0 Å². The number of aryl methyl sites for hydroxylation is 1. The number of amides is 1. The summed E-state index contributed by atoms with van der Waals surface area (Å²) in [6, 6.07) is 10.7. The van der Waals surface area contributed by atoms with E-state index in [1.54, 1.807) is 6.20 Å². The van der Waals surface area contributed by atoms with Gasteiger partial charge in [0.15, 0.2) is 0 Å². The van der Waals surface area contributed by atoms with Crippen molar-refractivity contribution in [1.29, 1.82) is 0 Å². The van der Waals surface area contributed by atoms with Crippen LogP contribution < -0.4 is 10.6 Å². The number of aromatic nitrogens is 2. The number of nitrogens with one attached hydrogen (secondary N) is 2. The maximum Gasteiger partial charge on any atom is 0.257 e. The van der Waals surface area contributed by atoms with Crippen LogP contribution in [0.5, 0.6) is 0 Å². The van der Waals surface area contributed by atoms with E-state index in [0.717, 1.165) is 36.5 Å². The number of hydrogen-bond donors (Lipinski definition) is 2. The van der Waals surface area contributed by atoms with Gasteiger partial charge in [-0.05, 0) is 68.3 Å². The Hall–Kier alpha value is -2.30. The van der Waals surface area contributed by atoms with Crippen molar-refractivity contribution in [2.45, 2.75) is 63.1 Å². The molecule has 5 heteroatoms. The Bertz CT molecular complexity index is 867. The molecule has 2 aromatic rings. The molecule has 1 aromatic carbocycles. The molecule has 1 aliphatic heterocycles.